The second kappa shape index (κ2) is 5.15. The van der Waals surface area contributed by atoms with Gasteiger partial charge in [0, 0.05) is 12.7 Å². The van der Waals surface area contributed by atoms with E-state index in [1.807, 2.05) is 25.0 Å². The zero-order valence-electron chi connectivity index (χ0n) is 9.67. The summed E-state index contributed by atoms with van der Waals surface area (Å²) < 4.78 is 2.00. The number of hydrogen-bond acceptors (Lipinski definition) is 2. The summed E-state index contributed by atoms with van der Waals surface area (Å²) in [5, 5.41) is 7.48. The number of rotatable bonds is 5. The van der Waals surface area contributed by atoms with Gasteiger partial charge >= 0.3 is 0 Å². The Labute approximate surface area is 86.5 Å². The van der Waals surface area contributed by atoms with Crippen molar-refractivity contribution in [2.24, 2.45) is 13.0 Å². The molecule has 0 radical (unpaired) electrons. The summed E-state index contributed by atoms with van der Waals surface area (Å²) in [5.74, 6) is 0.693. The lowest BCUT2D eigenvalue weighted by molar-refractivity contribution is 0.590. The second-order valence-electron chi connectivity index (χ2n) is 4.19. The van der Waals surface area contributed by atoms with Gasteiger partial charge in [0.1, 0.15) is 0 Å². The van der Waals surface area contributed by atoms with Crippen LogP contribution in [0.5, 0.6) is 0 Å². The largest absolute Gasteiger partial charge is 0.319 e. The van der Waals surface area contributed by atoms with Crippen molar-refractivity contribution in [3.05, 3.63) is 17.5 Å². The zero-order valence-corrected chi connectivity index (χ0v) is 9.67. The zero-order chi connectivity index (χ0) is 10.6. The Morgan fingerprint density at radius 2 is 2.21 bits per heavy atom. The minimum absolute atomic E-state index is 0.693. The van der Waals surface area contributed by atoms with Crippen LogP contribution in [0.4, 0.5) is 0 Å². The second-order valence-corrected chi connectivity index (χ2v) is 4.19. The molecule has 0 aromatic carbocycles. The Kier molecular flexibility index (Phi) is 4.14. The highest BCUT2D eigenvalue weighted by Gasteiger charge is 2.09. The number of aryl methyl sites for hydroxylation is 1. The van der Waals surface area contributed by atoms with Gasteiger partial charge < -0.3 is 5.32 Å². The first-order valence-electron chi connectivity index (χ1n) is 5.29. The number of aromatic nitrogens is 2. The maximum absolute atomic E-state index is 4.31. The molecule has 0 unspecified atom stereocenters. The minimum atomic E-state index is 0.693. The summed E-state index contributed by atoms with van der Waals surface area (Å²) >= 11 is 0. The third-order valence-corrected chi connectivity index (χ3v) is 2.39. The lowest BCUT2D eigenvalue weighted by atomic mass is 10.0. The highest BCUT2D eigenvalue weighted by atomic mass is 15.3. The van der Waals surface area contributed by atoms with E-state index in [4.69, 9.17) is 0 Å². The molecule has 0 fully saturated rings. The summed E-state index contributed by atoms with van der Waals surface area (Å²) in [5.41, 5.74) is 2.77. The van der Waals surface area contributed by atoms with Crippen molar-refractivity contribution in [1.82, 2.24) is 15.1 Å². The van der Waals surface area contributed by atoms with Crippen molar-refractivity contribution >= 4 is 0 Å². The number of nitrogens with zero attached hydrogens (tertiary/aromatic N) is 2. The first kappa shape index (κ1) is 11.2. The fourth-order valence-corrected chi connectivity index (χ4v) is 1.63. The highest BCUT2D eigenvalue weighted by Crippen LogP contribution is 2.13. The third-order valence-electron chi connectivity index (χ3n) is 2.39. The van der Waals surface area contributed by atoms with Crippen LogP contribution < -0.4 is 5.32 Å². The summed E-state index contributed by atoms with van der Waals surface area (Å²) in [6.45, 7) is 5.51. The van der Waals surface area contributed by atoms with Crippen molar-refractivity contribution in [2.75, 3.05) is 13.6 Å². The van der Waals surface area contributed by atoms with Crippen LogP contribution in [0.15, 0.2) is 6.20 Å². The molecular weight excluding hydrogens is 174 g/mol. The van der Waals surface area contributed by atoms with Gasteiger partial charge in [-0.1, -0.05) is 13.8 Å². The van der Waals surface area contributed by atoms with Gasteiger partial charge in [-0.05, 0) is 37.9 Å². The maximum Gasteiger partial charge on any atom is 0.0525 e. The first-order chi connectivity index (χ1) is 6.65. The van der Waals surface area contributed by atoms with Gasteiger partial charge in [0.05, 0.1) is 6.20 Å². The summed E-state index contributed by atoms with van der Waals surface area (Å²) in [4.78, 5) is 0. The van der Waals surface area contributed by atoms with E-state index in [0.29, 0.717) is 5.92 Å². The van der Waals surface area contributed by atoms with Gasteiger partial charge in [0.2, 0.25) is 0 Å². The van der Waals surface area contributed by atoms with E-state index in [-0.39, 0.29) is 0 Å². The van der Waals surface area contributed by atoms with E-state index in [9.17, 15) is 0 Å². The van der Waals surface area contributed by atoms with Crippen molar-refractivity contribution in [1.29, 1.82) is 0 Å². The Hall–Kier alpha value is -0.830. The van der Waals surface area contributed by atoms with Crippen LogP contribution >= 0.6 is 0 Å². The molecule has 1 aromatic rings. The average molecular weight is 195 g/mol. The van der Waals surface area contributed by atoms with Gasteiger partial charge in [-0.25, -0.2) is 0 Å². The molecule has 0 saturated heterocycles. The van der Waals surface area contributed by atoms with E-state index >= 15 is 0 Å². The fourth-order valence-electron chi connectivity index (χ4n) is 1.63. The standard InChI is InChI=1S/C11H21N3/c1-9(2)7-11-10(5-6-12-3)8-13-14(11)4/h8-9,12H,5-7H2,1-4H3. The van der Waals surface area contributed by atoms with Crippen LogP contribution in [-0.4, -0.2) is 23.4 Å². The van der Waals surface area contributed by atoms with Gasteiger partial charge in [0.25, 0.3) is 0 Å². The molecular formula is C11H21N3. The quantitative estimate of drug-likeness (QED) is 0.769. The van der Waals surface area contributed by atoms with Crippen molar-refractivity contribution in [3.8, 4) is 0 Å². The highest BCUT2D eigenvalue weighted by molar-refractivity contribution is 5.18. The predicted molar refractivity (Wildman–Crippen MR) is 59.4 cm³/mol. The van der Waals surface area contributed by atoms with E-state index in [1.54, 1.807) is 0 Å². The number of hydrogen-bond donors (Lipinski definition) is 1. The molecule has 0 bridgehead atoms. The van der Waals surface area contributed by atoms with Crippen LogP contribution in [0.2, 0.25) is 0 Å². The summed E-state index contributed by atoms with van der Waals surface area (Å²) in [6, 6.07) is 0. The molecule has 3 nitrogen and oxygen atoms in total. The van der Waals surface area contributed by atoms with Crippen LogP contribution in [0.1, 0.15) is 25.1 Å². The molecule has 1 rings (SSSR count). The molecule has 1 N–H and O–H groups in total. The first-order valence-corrected chi connectivity index (χ1v) is 5.29. The Morgan fingerprint density at radius 3 is 2.79 bits per heavy atom. The van der Waals surface area contributed by atoms with Crippen LogP contribution in [-0.2, 0) is 19.9 Å². The monoisotopic (exact) mass is 195 g/mol. The third kappa shape index (κ3) is 2.84. The molecule has 0 aliphatic carbocycles. The lowest BCUT2D eigenvalue weighted by Crippen LogP contribution is -2.12. The molecule has 0 saturated carbocycles. The maximum atomic E-state index is 4.31. The fraction of sp³-hybridized carbons (Fsp3) is 0.727. The number of likely N-dealkylation sites (N-methyl/N-ethyl adjacent to an activating group) is 1. The van der Waals surface area contributed by atoms with Crippen LogP contribution in [0.25, 0.3) is 0 Å². The minimum Gasteiger partial charge on any atom is -0.319 e. The predicted octanol–water partition coefficient (Wildman–Crippen LogP) is 1.38. The molecule has 1 heterocycles. The van der Waals surface area contributed by atoms with Crippen LogP contribution in [0.3, 0.4) is 0 Å². The van der Waals surface area contributed by atoms with E-state index in [2.05, 4.69) is 24.3 Å². The Morgan fingerprint density at radius 1 is 1.50 bits per heavy atom. The normalized spacial score (nSPS) is 11.2. The lowest BCUT2D eigenvalue weighted by Gasteiger charge is -2.08. The molecule has 14 heavy (non-hydrogen) atoms. The summed E-state index contributed by atoms with van der Waals surface area (Å²) in [7, 11) is 4.01. The topological polar surface area (TPSA) is 29.9 Å². The van der Waals surface area contributed by atoms with E-state index in [0.717, 1.165) is 19.4 Å². The van der Waals surface area contributed by atoms with E-state index < -0.39 is 0 Å². The molecule has 0 spiro atoms. The van der Waals surface area contributed by atoms with Gasteiger partial charge in [-0.3, -0.25) is 4.68 Å². The van der Waals surface area contributed by atoms with Crippen LogP contribution in [0, 0.1) is 5.92 Å². The smallest absolute Gasteiger partial charge is 0.0525 e. The average Bonchev–Trinajstić information content (AvgIpc) is 2.45. The van der Waals surface area contributed by atoms with E-state index in [1.165, 1.54) is 11.3 Å². The molecule has 0 aliphatic heterocycles. The Bertz CT molecular complexity index is 276. The van der Waals surface area contributed by atoms with Gasteiger partial charge in [-0.2, -0.15) is 5.10 Å². The number of nitrogens with one attached hydrogen (secondary N) is 1. The Balaban J connectivity index is 2.72. The van der Waals surface area contributed by atoms with Crippen molar-refractivity contribution in [2.45, 2.75) is 26.7 Å². The molecule has 80 valence electrons. The molecule has 0 atom stereocenters. The SMILES string of the molecule is CNCCc1cnn(C)c1CC(C)C. The van der Waals surface area contributed by atoms with Gasteiger partial charge in [-0.15, -0.1) is 0 Å². The summed E-state index contributed by atoms with van der Waals surface area (Å²) in [6.07, 6.45) is 4.19. The van der Waals surface area contributed by atoms with Gasteiger partial charge in [0.15, 0.2) is 0 Å². The van der Waals surface area contributed by atoms with Crippen molar-refractivity contribution in [3.63, 3.8) is 0 Å². The molecule has 1 aromatic heterocycles. The molecule has 0 amide bonds. The van der Waals surface area contributed by atoms with Crippen molar-refractivity contribution < 1.29 is 0 Å². The molecule has 3 heteroatoms. The molecule has 0 aliphatic rings.